The molecular formula is C11H11F3O2. The molecule has 0 radical (unpaired) electrons. The number of hydrogen-bond acceptors (Lipinski definition) is 2. The van der Waals surface area contributed by atoms with Gasteiger partial charge in [-0.05, 0) is 31.1 Å². The topological polar surface area (TPSA) is 26.3 Å². The smallest absolute Gasteiger partial charge is 0.427 e. The Balaban J connectivity index is 2.25. The van der Waals surface area contributed by atoms with Gasteiger partial charge in [0.1, 0.15) is 5.76 Å². The van der Waals surface area contributed by atoms with Crippen LogP contribution in [0.1, 0.15) is 26.2 Å². The number of ketones is 1. The first-order valence-electron chi connectivity index (χ1n) is 5.01. The molecular weight excluding hydrogens is 221 g/mol. The predicted molar refractivity (Wildman–Crippen MR) is 50.6 cm³/mol. The Hall–Kier alpha value is -1.26. The second-order valence-corrected chi connectivity index (χ2v) is 4.24. The van der Waals surface area contributed by atoms with Gasteiger partial charge in [-0.2, -0.15) is 13.2 Å². The van der Waals surface area contributed by atoms with E-state index in [1.807, 2.05) is 0 Å². The number of carbonyl (C=O) groups is 1. The van der Waals surface area contributed by atoms with Gasteiger partial charge in [0.15, 0.2) is 5.78 Å². The van der Waals surface area contributed by atoms with Crippen molar-refractivity contribution in [2.45, 2.75) is 38.0 Å². The summed E-state index contributed by atoms with van der Waals surface area (Å²) in [5.74, 6) is 0.128. The summed E-state index contributed by atoms with van der Waals surface area (Å²) in [5, 5.41) is 0. The molecule has 0 aromatic carbocycles. The lowest BCUT2D eigenvalue weighted by molar-refractivity contribution is -0.264. The molecule has 1 unspecified atom stereocenters. The zero-order chi connectivity index (χ0) is 12.0. The van der Waals surface area contributed by atoms with E-state index in [9.17, 15) is 18.0 Å². The van der Waals surface area contributed by atoms with E-state index in [-0.39, 0.29) is 30.8 Å². The van der Waals surface area contributed by atoms with E-state index in [1.54, 1.807) is 0 Å². The monoisotopic (exact) mass is 232 g/mol. The minimum atomic E-state index is -4.39. The molecule has 0 bridgehead atoms. The van der Waals surface area contributed by atoms with Gasteiger partial charge >= 0.3 is 6.18 Å². The summed E-state index contributed by atoms with van der Waals surface area (Å²) in [6.07, 6.45) is -1.37. The van der Waals surface area contributed by atoms with Crippen LogP contribution < -0.4 is 0 Å². The van der Waals surface area contributed by atoms with Crippen molar-refractivity contribution in [2.24, 2.45) is 0 Å². The SMILES string of the molecule is CC1(C(F)(F)F)CCC2=CC(=O)CC=C2O1. The molecule has 1 aliphatic carbocycles. The molecule has 16 heavy (non-hydrogen) atoms. The number of rotatable bonds is 0. The van der Waals surface area contributed by atoms with Gasteiger partial charge in [0, 0.05) is 12.8 Å². The molecule has 0 aromatic heterocycles. The van der Waals surface area contributed by atoms with Crippen LogP contribution in [0.4, 0.5) is 13.2 Å². The highest BCUT2D eigenvalue weighted by Crippen LogP contribution is 2.45. The molecule has 1 aliphatic heterocycles. The number of halogens is 3. The van der Waals surface area contributed by atoms with Crippen LogP contribution in [0, 0.1) is 0 Å². The van der Waals surface area contributed by atoms with Crippen LogP contribution in [-0.2, 0) is 9.53 Å². The third kappa shape index (κ3) is 1.74. The Morgan fingerprint density at radius 3 is 2.75 bits per heavy atom. The molecule has 1 atom stereocenters. The summed E-state index contributed by atoms with van der Waals surface area (Å²) >= 11 is 0. The van der Waals surface area contributed by atoms with Crippen molar-refractivity contribution in [3.63, 3.8) is 0 Å². The normalized spacial score (nSPS) is 30.1. The van der Waals surface area contributed by atoms with Crippen LogP contribution in [0.15, 0.2) is 23.5 Å². The summed E-state index contributed by atoms with van der Waals surface area (Å²) in [6.45, 7) is 1.04. The largest absolute Gasteiger partial charge is 0.478 e. The number of hydrogen-bond donors (Lipinski definition) is 0. The van der Waals surface area contributed by atoms with Crippen molar-refractivity contribution in [3.8, 4) is 0 Å². The first kappa shape index (κ1) is 11.2. The lowest BCUT2D eigenvalue weighted by Gasteiger charge is -2.39. The Kier molecular flexibility index (Phi) is 2.36. The second-order valence-electron chi connectivity index (χ2n) is 4.24. The minimum absolute atomic E-state index is 0.0852. The molecule has 5 heteroatoms. The summed E-state index contributed by atoms with van der Waals surface area (Å²) < 4.78 is 43.2. The van der Waals surface area contributed by atoms with Crippen molar-refractivity contribution < 1.29 is 22.7 Å². The van der Waals surface area contributed by atoms with Crippen LogP contribution in [-0.4, -0.2) is 17.6 Å². The van der Waals surface area contributed by atoms with E-state index in [2.05, 4.69) is 0 Å². The molecule has 0 spiro atoms. The zero-order valence-electron chi connectivity index (χ0n) is 8.73. The van der Waals surface area contributed by atoms with Gasteiger partial charge in [-0.25, -0.2) is 0 Å². The van der Waals surface area contributed by atoms with E-state index < -0.39 is 11.8 Å². The van der Waals surface area contributed by atoms with E-state index >= 15 is 0 Å². The van der Waals surface area contributed by atoms with Gasteiger partial charge in [-0.1, -0.05) is 0 Å². The number of fused-ring (bicyclic) bond motifs is 1. The third-order valence-corrected chi connectivity index (χ3v) is 2.95. The maximum Gasteiger partial charge on any atom is 0.427 e. The highest BCUT2D eigenvalue weighted by molar-refractivity contribution is 5.93. The quantitative estimate of drug-likeness (QED) is 0.642. The molecule has 2 rings (SSSR count). The standard InChI is InChI=1S/C11H11F3O2/c1-10(11(12,13)14)5-4-7-6-8(15)2-3-9(7)16-10/h3,6H,2,4-5H2,1H3. The van der Waals surface area contributed by atoms with Crippen molar-refractivity contribution in [1.82, 2.24) is 0 Å². The molecule has 2 nitrogen and oxygen atoms in total. The molecule has 0 N–H and O–H groups in total. The lowest BCUT2D eigenvalue weighted by Crippen LogP contribution is -2.47. The first-order valence-corrected chi connectivity index (χ1v) is 5.01. The highest BCUT2D eigenvalue weighted by Gasteiger charge is 2.55. The molecule has 0 saturated carbocycles. The fourth-order valence-corrected chi connectivity index (χ4v) is 1.82. The van der Waals surface area contributed by atoms with Crippen LogP contribution in [0.3, 0.4) is 0 Å². The van der Waals surface area contributed by atoms with E-state index in [0.717, 1.165) is 6.92 Å². The number of alkyl halides is 3. The third-order valence-electron chi connectivity index (χ3n) is 2.95. The Morgan fingerprint density at radius 2 is 2.12 bits per heavy atom. The second kappa shape index (κ2) is 3.37. The highest BCUT2D eigenvalue weighted by atomic mass is 19.4. The van der Waals surface area contributed by atoms with Crippen molar-refractivity contribution in [1.29, 1.82) is 0 Å². The number of ether oxygens (including phenoxy) is 1. The number of carbonyl (C=O) groups excluding carboxylic acids is 1. The Labute approximate surface area is 90.8 Å². The maximum absolute atomic E-state index is 12.7. The number of allylic oxidation sites excluding steroid dienone is 3. The average molecular weight is 232 g/mol. The van der Waals surface area contributed by atoms with Crippen molar-refractivity contribution >= 4 is 5.78 Å². The Bertz CT molecular complexity index is 393. The van der Waals surface area contributed by atoms with Crippen LogP contribution in [0.25, 0.3) is 0 Å². The lowest BCUT2D eigenvalue weighted by atomic mass is 9.88. The molecule has 0 aromatic rings. The van der Waals surface area contributed by atoms with E-state index in [0.29, 0.717) is 5.57 Å². The fourth-order valence-electron chi connectivity index (χ4n) is 1.82. The molecule has 1 saturated heterocycles. The Morgan fingerprint density at radius 1 is 1.44 bits per heavy atom. The van der Waals surface area contributed by atoms with Gasteiger partial charge in [-0.15, -0.1) is 0 Å². The molecule has 2 aliphatic rings. The molecule has 1 heterocycles. The molecule has 88 valence electrons. The predicted octanol–water partition coefficient (Wildman–Crippen LogP) is 2.90. The van der Waals surface area contributed by atoms with Crippen molar-refractivity contribution in [3.05, 3.63) is 23.5 Å². The first-order chi connectivity index (χ1) is 7.32. The van der Waals surface area contributed by atoms with Crippen molar-refractivity contribution in [2.75, 3.05) is 0 Å². The van der Waals surface area contributed by atoms with Gasteiger partial charge in [0.2, 0.25) is 5.60 Å². The summed E-state index contributed by atoms with van der Waals surface area (Å²) in [4.78, 5) is 11.1. The summed E-state index contributed by atoms with van der Waals surface area (Å²) in [5.41, 5.74) is -1.55. The zero-order valence-corrected chi connectivity index (χ0v) is 8.73. The van der Waals surface area contributed by atoms with E-state index in [1.165, 1.54) is 12.2 Å². The molecule has 0 amide bonds. The van der Waals surface area contributed by atoms with Crippen LogP contribution in [0.5, 0.6) is 0 Å². The van der Waals surface area contributed by atoms with Crippen LogP contribution in [0.2, 0.25) is 0 Å². The fraction of sp³-hybridized carbons (Fsp3) is 0.545. The summed E-state index contributed by atoms with van der Waals surface area (Å²) in [6, 6.07) is 0. The average Bonchev–Trinajstić information content (AvgIpc) is 2.17. The maximum atomic E-state index is 12.7. The van der Waals surface area contributed by atoms with E-state index in [4.69, 9.17) is 4.74 Å². The van der Waals surface area contributed by atoms with Gasteiger partial charge < -0.3 is 4.74 Å². The molecule has 1 fully saturated rings. The minimum Gasteiger partial charge on any atom is -0.478 e. The van der Waals surface area contributed by atoms with Gasteiger partial charge in [-0.3, -0.25) is 4.79 Å². The van der Waals surface area contributed by atoms with Gasteiger partial charge in [0.25, 0.3) is 0 Å². The summed E-state index contributed by atoms with van der Waals surface area (Å²) in [7, 11) is 0. The van der Waals surface area contributed by atoms with Crippen LogP contribution >= 0.6 is 0 Å². The van der Waals surface area contributed by atoms with Gasteiger partial charge in [0.05, 0.1) is 0 Å².